The minimum atomic E-state index is -0.284. The van der Waals surface area contributed by atoms with Gasteiger partial charge in [0.25, 0.3) is 0 Å². The van der Waals surface area contributed by atoms with E-state index in [9.17, 15) is 9.59 Å². The highest BCUT2D eigenvalue weighted by Crippen LogP contribution is 2.68. The van der Waals surface area contributed by atoms with Crippen LogP contribution in [0.1, 0.15) is 33.3 Å². The van der Waals surface area contributed by atoms with Crippen LogP contribution in [0.5, 0.6) is 0 Å². The number of carbonyl (C=O) groups excluding carboxylic acids is 1. The number of rotatable bonds is 4. The molecule has 24 heavy (non-hydrogen) atoms. The molecule has 0 unspecified atom stereocenters. The highest BCUT2D eigenvalue weighted by atomic mass is 16.2. The molecule has 0 spiro atoms. The number of benzene rings is 1. The first-order valence-corrected chi connectivity index (χ1v) is 8.15. The van der Waals surface area contributed by atoms with Crippen LogP contribution in [-0.2, 0) is 11.3 Å². The lowest BCUT2D eigenvalue weighted by molar-refractivity contribution is -0.118. The first-order chi connectivity index (χ1) is 11.2. The number of nitrogens with one attached hydrogen (secondary N) is 1. The maximum absolute atomic E-state index is 12.6. The van der Waals surface area contributed by atoms with Gasteiger partial charge in [-0.2, -0.15) is 0 Å². The summed E-state index contributed by atoms with van der Waals surface area (Å²) in [6.45, 7) is 8.94. The summed E-state index contributed by atoms with van der Waals surface area (Å²) in [6, 6.07) is 9.31. The molecule has 1 aromatic carbocycles. The van der Waals surface area contributed by atoms with E-state index in [1.165, 1.54) is 10.8 Å². The van der Waals surface area contributed by atoms with Crippen molar-refractivity contribution in [3.8, 4) is 0 Å². The normalized spacial score (nSPS) is 18.2. The molecule has 1 aliphatic carbocycles. The lowest BCUT2D eigenvalue weighted by atomic mass is 10.0. The molecule has 5 nitrogen and oxygen atoms in total. The zero-order valence-corrected chi connectivity index (χ0v) is 14.5. The van der Waals surface area contributed by atoms with Gasteiger partial charge in [-0.3, -0.25) is 9.36 Å². The van der Waals surface area contributed by atoms with Gasteiger partial charge in [-0.25, -0.2) is 9.78 Å². The van der Waals surface area contributed by atoms with Crippen LogP contribution in [0.3, 0.4) is 0 Å². The molecule has 0 bridgehead atoms. The minimum Gasteiger partial charge on any atom is -0.326 e. The molecule has 1 aromatic heterocycles. The van der Waals surface area contributed by atoms with E-state index < -0.39 is 0 Å². The Labute approximate surface area is 141 Å². The van der Waals surface area contributed by atoms with Crippen molar-refractivity contribution in [2.45, 2.75) is 34.2 Å². The molecule has 3 rings (SSSR count). The third-order valence-electron chi connectivity index (χ3n) is 5.61. The average Bonchev–Trinajstić information content (AvgIpc) is 2.91. The molecule has 0 saturated heterocycles. The van der Waals surface area contributed by atoms with Crippen molar-refractivity contribution < 1.29 is 4.79 Å². The number of nitrogens with zero attached hydrogens (tertiary/aromatic N) is 2. The second kappa shape index (κ2) is 5.58. The van der Waals surface area contributed by atoms with E-state index in [4.69, 9.17) is 0 Å². The first-order valence-electron chi connectivity index (χ1n) is 8.15. The largest absolute Gasteiger partial charge is 0.347 e. The van der Waals surface area contributed by atoms with Gasteiger partial charge in [0.05, 0.1) is 6.54 Å². The number of hydrogen-bond donors (Lipinski definition) is 1. The second-order valence-electron chi connectivity index (χ2n) is 7.60. The number of aromatic nitrogens is 2. The van der Waals surface area contributed by atoms with Gasteiger partial charge in [-0.1, -0.05) is 39.8 Å². The van der Waals surface area contributed by atoms with Crippen molar-refractivity contribution in [3.05, 3.63) is 58.8 Å². The van der Waals surface area contributed by atoms with Crippen LogP contribution in [0.25, 0.3) is 0 Å². The molecule has 0 atom stereocenters. The zero-order chi connectivity index (χ0) is 17.5. The van der Waals surface area contributed by atoms with Crippen LogP contribution in [0.2, 0.25) is 0 Å². The molecule has 1 aliphatic rings. The number of anilines is 1. The fourth-order valence-corrected chi connectivity index (χ4v) is 3.52. The molecule has 1 saturated carbocycles. The maximum atomic E-state index is 12.6. The maximum Gasteiger partial charge on any atom is 0.347 e. The summed E-state index contributed by atoms with van der Waals surface area (Å²) in [7, 11) is 0. The fourth-order valence-electron chi connectivity index (χ4n) is 3.52. The minimum absolute atomic E-state index is 0.00889. The van der Waals surface area contributed by atoms with Crippen LogP contribution >= 0.6 is 0 Å². The molecule has 1 N–H and O–H groups in total. The first kappa shape index (κ1) is 16.4. The van der Waals surface area contributed by atoms with Gasteiger partial charge in [0.15, 0.2) is 0 Å². The summed E-state index contributed by atoms with van der Waals surface area (Å²) in [4.78, 5) is 28.0. The van der Waals surface area contributed by atoms with E-state index in [0.717, 1.165) is 11.3 Å². The van der Waals surface area contributed by atoms with Crippen LogP contribution < -0.4 is 11.0 Å². The predicted molar refractivity (Wildman–Crippen MR) is 93.7 cm³/mol. The fraction of sp³-hybridized carbons (Fsp3) is 0.421. The zero-order valence-electron chi connectivity index (χ0n) is 14.5. The van der Waals surface area contributed by atoms with Crippen molar-refractivity contribution in [1.82, 2.24) is 9.55 Å². The van der Waals surface area contributed by atoms with Crippen molar-refractivity contribution >= 4 is 11.6 Å². The highest BCUT2D eigenvalue weighted by Gasteiger charge is 2.68. The van der Waals surface area contributed by atoms with E-state index in [1.807, 2.05) is 24.3 Å². The number of hydrogen-bond acceptors (Lipinski definition) is 3. The Balaban J connectivity index is 1.74. The van der Waals surface area contributed by atoms with Gasteiger partial charge in [0.1, 0.15) is 0 Å². The van der Waals surface area contributed by atoms with Gasteiger partial charge in [-0.15, -0.1) is 0 Å². The van der Waals surface area contributed by atoms with Gasteiger partial charge < -0.3 is 5.32 Å². The van der Waals surface area contributed by atoms with E-state index in [-0.39, 0.29) is 28.3 Å². The topological polar surface area (TPSA) is 64.0 Å². The van der Waals surface area contributed by atoms with Crippen molar-refractivity contribution in [2.24, 2.45) is 16.7 Å². The monoisotopic (exact) mass is 325 g/mol. The Kier molecular flexibility index (Phi) is 3.82. The Morgan fingerprint density at radius 1 is 1.21 bits per heavy atom. The summed E-state index contributed by atoms with van der Waals surface area (Å²) in [5.74, 6) is 0.0651. The Bertz CT molecular complexity index is 822. The van der Waals surface area contributed by atoms with E-state index in [0.29, 0.717) is 6.54 Å². The van der Waals surface area contributed by atoms with Crippen LogP contribution in [0.15, 0.2) is 47.5 Å². The molecule has 5 heteroatoms. The third-order valence-corrected chi connectivity index (χ3v) is 5.61. The molecule has 1 fully saturated rings. The molecule has 1 heterocycles. The van der Waals surface area contributed by atoms with Gasteiger partial charge in [-0.05, 0) is 34.6 Å². The molecule has 0 aliphatic heterocycles. The van der Waals surface area contributed by atoms with Crippen LogP contribution in [0, 0.1) is 16.7 Å². The molecular formula is C19H23N3O2. The molecule has 0 radical (unpaired) electrons. The highest BCUT2D eigenvalue weighted by molar-refractivity contribution is 5.96. The quantitative estimate of drug-likeness (QED) is 0.940. The summed E-state index contributed by atoms with van der Waals surface area (Å²) in [5, 5.41) is 3.01. The van der Waals surface area contributed by atoms with Crippen molar-refractivity contribution in [1.29, 1.82) is 0 Å². The summed E-state index contributed by atoms with van der Waals surface area (Å²) in [6.07, 6.45) is 3.18. The van der Waals surface area contributed by atoms with Crippen molar-refractivity contribution in [3.63, 3.8) is 0 Å². The molecule has 1 amide bonds. The summed E-state index contributed by atoms with van der Waals surface area (Å²) in [5.41, 5.74) is 1.44. The smallest absolute Gasteiger partial charge is 0.326 e. The van der Waals surface area contributed by atoms with Crippen LogP contribution in [-0.4, -0.2) is 15.5 Å². The molecular weight excluding hydrogens is 302 g/mol. The molecule has 2 aromatic rings. The third kappa shape index (κ3) is 2.75. The Morgan fingerprint density at radius 2 is 1.92 bits per heavy atom. The second-order valence-corrected chi connectivity index (χ2v) is 7.60. The predicted octanol–water partition coefficient (Wildman–Crippen LogP) is 2.91. The number of amides is 1. The lowest BCUT2D eigenvalue weighted by Crippen LogP contribution is -2.22. The summed E-state index contributed by atoms with van der Waals surface area (Å²) < 4.78 is 1.54. The van der Waals surface area contributed by atoms with Crippen LogP contribution in [0.4, 0.5) is 5.69 Å². The van der Waals surface area contributed by atoms with Gasteiger partial charge in [0.2, 0.25) is 5.91 Å². The Morgan fingerprint density at radius 3 is 2.54 bits per heavy atom. The van der Waals surface area contributed by atoms with Crippen molar-refractivity contribution in [2.75, 3.05) is 5.32 Å². The lowest BCUT2D eigenvalue weighted by Gasteiger charge is -2.09. The SMILES string of the molecule is CC1(C)C(C(=O)Nc2cccc(Cn3cccnc3=O)c2)C1(C)C. The van der Waals surface area contributed by atoms with E-state index in [2.05, 4.69) is 38.0 Å². The Hall–Kier alpha value is -2.43. The van der Waals surface area contributed by atoms with Gasteiger partial charge >= 0.3 is 5.69 Å². The van der Waals surface area contributed by atoms with E-state index >= 15 is 0 Å². The van der Waals surface area contributed by atoms with Gasteiger partial charge in [0, 0.05) is 24.0 Å². The average molecular weight is 325 g/mol. The standard InChI is InChI=1S/C19H23N3O2/c1-18(2)15(19(18,3)4)16(23)21-14-8-5-7-13(11-14)12-22-10-6-9-20-17(22)24/h5-11,15H,12H2,1-4H3,(H,21,23). The summed E-state index contributed by atoms with van der Waals surface area (Å²) >= 11 is 0. The number of carbonyl (C=O) groups is 1. The molecule has 126 valence electrons. The van der Waals surface area contributed by atoms with E-state index in [1.54, 1.807) is 12.3 Å².